The molecule has 0 bridgehead atoms. The lowest BCUT2D eigenvalue weighted by Gasteiger charge is -2.28. The van der Waals surface area contributed by atoms with Gasteiger partial charge in [-0.25, -0.2) is 0 Å². The Hall–Kier alpha value is -0.850. The molecule has 0 aliphatic heterocycles. The van der Waals surface area contributed by atoms with Crippen LogP contribution in [0.5, 0.6) is 0 Å². The Bertz CT molecular complexity index is 461. The predicted molar refractivity (Wildman–Crippen MR) is 99.1 cm³/mol. The molecule has 2 N–H and O–H groups in total. The number of aryl methyl sites for hydroxylation is 1. The van der Waals surface area contributed by atoms with E-state index in [0.29, 0.717) is 12.6 Å². The van der Waals surface area contributed by atoms with Crippen LogP contribution in [0.3, 0.4) is 0 Å². The van der Waals surface area contributed by atoms with E-state index in [-0.39, 0.29) is 24.0 Å². The summed E-state index contributed by atoms with van der Waals surface area (Å²) in [5.74, 6) is 1.70. The van der Waals surface area contributed by atoms with Gasteiger partial charge in [0.1, 0.15) is 0 Å². The van der Waals surface area contributed by atoms with E-state index in [1.807, 2.05) is 19.3 Å². The number of pyridine rings is 1. The van der Waals surface area contributed by atoms with Gasteiger partial charge in [0.05, 0.1) is 12.2 Å². The third kappa shape index (κ3) is 5.80. The molecule has 0 spiro atoms. The first-order chi connectivity index (χ1) is 9.69. The van der Waals surface area contributed by atoms with E-state index in [4.69, 9.17) is 0 Å². The minimum Gasteiger partial charge on any atom is -0.354 e. The van der Waals surface area contributed by atoms with Crippen molar-refractivity contribution < 1.29 is 0 Å². The summed E-state index contributed by atoms with van der Waals surface area (Å²) < 4.78 is 0. The predicted octanol–water partition coefficient (Wildman–Crippen LogP) is 3.25. The molecule has 118 valence electrons. The summed E-state index contributed by atoms with van der Waals surface area (Å²) in [6, 6.07) is 4.60. The highest BCUT2D eigenvalue weighted by molar-refractivity contribution is 14.0. The van der Waals surface area contributed by atoms with E-state index < -0.39 is 0 Å². The van der Waals surface area contributed by atoms with Crippen LogP contribution in [0.25, 0.3) is 0 Å². The lowest BCUT2D eigenvalue weighted by atomic mass is 9.87. The zero-order chi connectivity index (χ0) is 14.4. The molecule has 0 radical (unpaired) electrons. The van der Waals surface area contributed by atoms with Crippen molar-refractivity contribution in [3.8, 4) is 0 Å². The van der Waals surface area contributed by atoms with Crippen molar-refractivity contribution in [3.63, 3.8) is 0 Å². The molecule has 1 aliphatic carbocycles. The summed E-state index contributed by atoms with van der Waals surface area (Å²) in [7, 11) is 1.83. The smallest absolute Gasteiger partial charge is 0.191 e. The number of nitrogens with zero attached hydrogens (tertiary/aromatic N) is 2. The molecule has 21 heavy (non-hydrogen) atoms. The number of aromatic nitrogens is 1. The summed E-state index contributed by atoms with van der Waals surface area (Å²) >= 11 is 0. The van der Waals surface area contributed by atoms with Crippen LogP contribution in [0, 0.1) is 12.8 Å². The second-order valence-corrected chi connectivity index (χ2v) is 5.81. The largest absolute Gasteiger partial charge is 0.354 e. The fraction of sp³-hybridized carbons (Fsp3) is 0.625. The maximum Gasteiger partial charge on any atom is 0.191 e. The number of halogens is 1. The van der Waals surface area contributed by atoms with E-state index in [1.54, 1.807) is 0 Å². The van der Waals surface area contributed by atoms with Gasteiger partial charge in [0.15, 0.2) is 5.96 Å². The van der Waals surface area contributed by atoms with Gasteiger partial charge < -0.3 is 10.6 Å². The molecule has 0 aromatic carbocycles. The highest BCUT2D eigenvalue weighted by atomic mass is 127. The Kier molecular flexibility index (Phi) is 8.00. The van der Waals surface area contributed by atoms with Gasteiger partial charge in [-0.05, 0) is 37.3 Å². The molecule has 2 unspecified atom stereocenters. The van der Waals surface area contributed by atoms with Gasteiger partial charge in [0.2, 0.25) is 0 Å². The molecule has 1 saturated carbocycles. The van der Waals surface area contributed by atoms with Crippen LogP contribution >= 0.6 is 24.0 Å². The van der Waals surface area contributed by atoms with Crippen molar-refractivity contribution in [1.82, 2.24) is 15.6 Å². The Balaban J connectivity index is 0.00000220. The highest BCUT2D eigenvalue weighted by Crippen LogP contribution is 2.23. The molecule has 4 nitrogen and oxygen atoms in total. The standard InChI is InChI=1S/C16H26N4.HI/c1-12-6-4-8-14(10-12)20-16(17-3)19-11-15-13(2)7-5-9-18-15;/h5,7,9,12,14H,4,6,8,10-11H2,1-3H3,(H2,17,19,20);1H. The van der Waals surface area contributed by atoms with Crippen molar-refractivity contribution in [2.45, 2.75) is 52.1 Å². The van der Waals surface area contributed by atoms with Crippen molar-refractivity contribution in [2.24, 2.45) is 10.9 Å². The average Bonchev–Trinajstić information content (AvgIpc) is 2.45. The SMILES string of the molecule is CN=C(NCc1ncccc1C)NC1CCCC(C)C1.I. The Morgan fingerprint density at radius 1 is 1.43 bits per heavy atom. The summed E-state index contributed by atoms with van der Waals surface area (Å²) in [5, 5.41) is 6.90. The molecule has 1 aliphatic rings. The first-order valence-corrected chi connectivity index (χ1v) is 7.56. The molecule has 1 fully saturated rings. The van der Waals surface area contributed by atoms with Gasteiger partial charge in [-0.2, -0.15) is 0 Å². The second-order valence-electron chi connectivity index (χ2n) is 5.81. The lowest BCUT2D eigenvalue weighted by molar-refractivity contribution is 0.324. The number of hydrogen-bond acceptors (Lipinski definition) is 2. The number of hydrogen-bond donors (Lipinski definition) is 2. The number of aliphatic imine (C=N–C) groups is 1. The second kappa shape index (κ2) is 9.23. The van der Waals surface area contributed by atoms with E-state index in [0.717, 1.165) is 17.6 Å². The maximum absolute atomic E-state index is 4.40. The van der Waals surface area contributed by atoms with Crippen molar-refractivity contribution in [1.29, 1.82) is 0 Å². The molecule has 1 aromatic heterocycles. The van der Waals surface area contributed by atoms with Gasteiger partial charge in [0.25, 0.3) is 0 Å². The molecule has 2 atom stereocenters. The van der Waals surface area contributed by atoms with Gasteiger partial charge in [0, 0.05) is 19.3 Å². The van der Waals surface area contributed by atoms with E-state index in [9.17, 15) is 0 Å². The Morgan fingerprint density at radius 2 is 2.24 bits per heavy atom. The van der Waals surface area contributed by atoms with Crippen LogP contribution in [0.4, 0.5) is 0 Å². The molecular weight excluding hydrogens is 375 g/mol. The van der Waals surface area contributed by atoms with Crippen molar-refractivity contribution in [2.75, 3.05) is 7.05 Å². The first kappa shape index (κ1) is 18.2. The monoisotopic (exact) mass is 402 g/mol. The quantitative estimate of drug-likeness (QED) is 0.464. The maximum atomic E-state index is 4.40. The Morgan fingerprint density at radius 3 is 2.90 bits per heavy atom. The number of nitrogens with one attached hydrogen (secondary N) is 2. The van der Waals surface area contributed by atoms with Crippen LogP contribution in [-0.4, -0.2) is 24.0 Å². The van der Waals surface area contributed by atoms with E-state index in [2.05, 4.69) is 40.5 Å². The van der Waals surface area contributed by atoms with Gasteiger partial charge >= 0.3 is 0 Å². The van der Waals surface area contributed by atoms with Crippen molar-refractivity contribution >= 4 is 29.9 Å². The topological polar surface area (TPSA) is 49.3 Å². The van der Waals surface area contributed by atoms with Gasteiger partial charge in [-0.15, -0.1) is 24.0 Å². The first-order valence-electron chi connectivity index (χ1n) is 7.56. The summed E-state index contributed by atoms with van der Waals surface area (Å²) in [4.78, 5) is 8.72. The number of guanidine groups is 1. The van der Waals surface area contributed by atoms with Gasteiger partial charge in [-0.1, -0.05) is 25.8 Å². The summed E-state index contributed by atoms with van der Waals surface area (Å²) in [5.41, 5.74) is 2.29. The molecular formula is C16H27IN4. The number of rotatable bonds is 3. The molecule has 0 amide bonds. The molecule has 1 aromatic rings. The van der Waals surface area contributed by atoms with Crippen LogP contribution in [0.15, 0.2) is 23.3 Å². The lowest BCUT2D eigenvalue weighted by Crippen LogP contribution is -2.44. The Labute approximate surface area is 145 Å². The summed E-state index contributed by atoms with van der Waals surface area (Å²) in [6.45, 7) is 5.14. The average molecular weight is 402 g/mol. The highest BCUT2D eigenvalue weighted by Gasteiger charge is 2.19. The van der Waals surface area contributed by atoms with Gasteiger partial charge in [-0.3, -0.25) is 9.98 Å². The summed E-state index contributed by atoms with van der Waals surface area (Å²) in [6.07, 6.45) is 6.99. The normalized spacial score (nSPS) is 22.3. The molecule has 5 heteroatoms. The molecule has 0 saturated heterocycles. The third-order valence-electron chi connectivity index (χ3n) is 4.04. The minimum absolute atomic E-state index is 0. The van der Waals surface area contributed by atoms with Crippen LogP contribution < -0.4 is 10.6 Å². The van der Waals surface area contributed by atoms with Crippen LogP contribution in [0.2, 0.25) is 0 Å². The van der Waals surface area contributed by atoms with Crippen molar-refractivity contribution in [3.05, 3.63) is 29.6 Å². The van der Waals surface area contributed by atoms with E-state index >= 15 is 0 Å². The zero-order valence-electron chi connectivity index (χ0n) is 13.2. The fourth-order valence-corrected chi connectivity index (χ4v) is 2.82. The molecule has 1 heterocycles. The third-order valence-corrected chi connectivity index (χ3v) is 4.04. The zero-order valence-corrected chi connectivity index (χ0v) is 15.6. The molecule has 2 rings (SSSR count). The van der Waals surface area contributed by atoms with Crippen LogP contribution in [-0.2, 0) is 6.54 Å². The van der Waals surface area contributed by atoms with Crippen LogP contribution in [0.1, 0.15) is 43.9 Å². The fourth-order valence-electron chi connectivity index (χ4n) is 2.82. The van der Waals surface area contributed by atoms with E-state index in [1.165, 1.54) is 31.2 Å². The minimum atomic E-state index is 0.